The van der Waals surface area contributed by atoms with Crippen molar-refractivity contribution in [2.75, 3.05) is 0 Å². The zero-order valence-corrected chi connectivity index (χ0v) is 10.7. The molecule has 0 amide bonds. The average Bonchev–Trinajstić information content (AvgIpc) is 3.05. The van der Waals surface area contributed by atoms with Crippen LogP contribution in [0.4, 0.5) is 0 Å². The van der Waals surface area contributed by atoms with Crippen LogP contribution in [-0.2, 0) is 18.7 Å². The number of benzene rings is 1. The molecular formula is C15H13ClO2. The number of halogens is 1. The van der Waals surface area contributed by atoms with Gasteiger partial charge < -0.3 is 4.42 Å². The molecule has 0 fully saturated rings. The number of hydrogen-bond acceptors (Lipinski definition) is 2. The lowest BCUT2D eigenvalue weighted by atomic mass is 10.0. The lowest BCUT2D eigenvalue weighted by molar-refractivity contribution is 0.101. The normalized spacial score (nSPS) is 13.6. The number of alkyl halides is 1. The smallest absolute Gasteiger partial charge is 0.228 e. The molecule has 0 saturated heterocycles. The van der Waals surface area contributed by atoms with Crippen molar-refractivity contribution in [1.82, 2.24) is 0 Å². The monoisotopic (exact) mass is 260 g/mol. The average molecular weight is 261 g/mol. The second-order valence-corrected chi connectivity index (χ2v) is 4.83. The van der Waals surface area contributed by atoms with Crippen LogP contribution in [0.15, 0.2) is 34.7 Å². The highest BCUT2D eigenvalue weighted by Crippen LogP contribution is 2.24. The maximum absolute atomic E-state index is 12.2. The van der Waals surface area contributed by atoms with Crippen molar-refractivity contribution in [2.24, 2.45) is 0 Å². The Morgan fingerprint density at radius 1 is 1.17 bits per heavy atom. The summed E-state index contributed by atoms with van der Waals surface area (Å²) in [5, 5.41) is 0. The molecule has 18 heavy (non-hydrogen) atoms. The molecule has 0 bridgehead atoms. The summed E-state index contributed by atoms with van der Waals surface area (Å²) < 4.78 is 5.39. The Morgan fingerprint density at radius 3 is 2.78 bits per heavy atom. The Bertz CT molecular complexity index is 598. The van der Waals surface area contributed by atoms with Crippen LogP contribution >= 0.6 is 11.6 Å². The van der Waals surface area contributed by atoms with E-state index in [0.29, 0.717) is 17.1 Å². The van der Waals surface area contributed by atoms with Gasteiger partial charge in [0.15, 0.2) is 5.76 Å². The molecule has 1 heterocycles. The van der Waals surface area contributed by atoms with Gasteiger partial charge in [-0.15, -0.1) is 11.6 Å². The van der Waals surface area contributed by atoms with E-state index in [0.717, 1.165) is 12.8 Å². The van der Waals surface area contributed by atoms with E-state index in [1.54, 1.807) is 12.1 Å². The third-order valence-electron chi connectivity index (χ3n) is 3.38. The predicted molar refractivity (Wildman–Crippen MR) is 70.2 cm³/mol. The summed E-state index contributed by atoms with van der Waals surface area (Å²) in [7, 11) is 0. The van der Waals surface area contributed by atoms with Crippen molar-refractivity contribution in [3.05, 3.63) is 58.5 Å². The van der Waals surface area contributed by atoms with Crippen LogP contribution in [0.1, 0.15) is 39.4 Å². The van der Waals surface area contributed by atoms with Gasteiger partial charge in [0.25, 0.3) is 0 Å². The van der Waals surface area contributed by atoms with Gasteiger partial charge in [0.2, 0.25) is 5.78 Å². The second-order valence-electron chi connectivity index (χ2n) is 4.57. The van der Waals surface area contributed by atoms with Gasteiger partial charge in [-0.1, -0.05) is 12.1 Å². The SMILES string of the molecule is O=C(c1ccc2c(c1)CCC2)c1ccc(CCl)o1. The van der Waals surface area contributed by atoms with Crippen molar-refractivity contribution in [3.63, 3.8) is 0 Å². The number of carbonyl (C=O) groups excluding carboxylic acids is 1. The first kappa shape index (κ1) is 11.5. The van der Waals surface area contributed by atoms with Gasteiger partial charge in [-0.05, 0) is 48.6 Å². The minimum Gasteiger partial charge on any atom is -0.456 e. The van der Waals surface area contributed by atoms with Crippen molar-refractivity contribution in [2.45, 2.75) is 25.1 Å². The maximum Gasteiger partial charge on any atom is 0.228 e. The van der Waals surface area contributed by atoms with Crippen LogP contribution in [0.3, 0.4) is 0 Å². The van der Waals surface area contributed by atoms with Crippen LogP contribution < -0.4 is 0 Å². The molecule has 1 aromatic carbocycles. The minimum atomic E-state index is -0.0685. The molecule has 2 aromatic rings. The van der Waals surface area contributed by atoms with E-state index >= 15 is 0 Å². The Balaban J connectivity index is 1.92. The van der Waals surface area contributed by atoms with Crippen LogP contribution in [0.2, 0.25) is 0 Å². The van der Waals surface area contributed by atoms with Gasteiger partial charge in [0.1, 0.15) is 5.76 Å². The Labute approximate surface area is 111 Å². The van der Waals surface area contributed by atoms with E-state index in [1.165, 1.54) is 17.5 Å². The molecular weight excluding hydrogens is 248 g/mol. The summed E-state index contributed by atoms with van der Waals surface area (Å²) in [6, 6.07) is 9.37. The molecule has 0 spiro atoms. The van der Waals surface area contributed by atoms with Gasteiger partial charge in [-0.25, -0.2) is 0 Å². The molecule has 3 rings (SSSR count). The van der Waals surface area contributed by atoms with Gasteiger partial charge in [-0.2, -0.15) is 0 Å². The zero-order chi connectivity index (χ0) is 12.5. The van der Waals surface area contributed by atoms with Crippen molar-refractivity contribution < 1.29 is 9.21 Å². The first-order chi connectivity index (χ1) is 8.78. The van der Waals surface area contributed by atoms with Crippen LogP contribution in [0, 0.1) is 0 Å². The molecule has 92 valence electrons. The molecule has 0 N–H and O–H groups in total. The number of ketones is 1. The summed E-state index contributed by atoms with van der Waals surface area (Å²) in [4.78, 5) is 12.2. The fourth-order valence-corrected chi connectivity index (χ4v) is 2.57. The fraction of sp³-hybridized carbons (Fsp3) is 0.267. The van der Waals surface area contributed by atoms with E-state index in [4.69, 9.17) is 16.0 Å². The number of aryl methyl sites for hydroxylation is 2. The summed E-state index contributed by atoms with van der Waals surface area (Å²) in [5.74, 6) is 1.21. The number of hydrogen-bond donors (Lipinski definition) is 0. The molecule has 1 aromatic heterocycles. The topological polar surface area (TPSA) is 30.2 Å². The Hall–Kier alpha value is -1.54. The number of carbonyl (C=O) groups is 1. The third kappa shape index (κ3) is 1.97. The predicted octanol–water partition coefficient (Wildman–Crippen LogP) is 3.74. The van der Waals surface area contributed by atoms with Crippen molar-refractivity contribution in [3.8, 4) is 0 Å². The Morgan fingerprint density at radius 2 is 2.00 bits per heavy atom. The molecule has 0 atom stereocenters. The van der Waals surface area contributed by atoms with Gasteiger partial charge in [0.05, 0.1) is 5.88 Å². The molecule has 3 heteroatoms. The molecule has 0 radical (unpaired) electrons. The molecule has 2 nitrogen and oxygen atoms in total. The van der Waals surface area contributed by atoms with E-state index in [9.17, 15) is 4.79 Å². The van der Waals surface area contributed by atoms with Crippen LogP contribution in [0.25, 0.3) is 0 Å². The summed E-state index contributed by atoms with van der Waals surface area (Å²) in [6.07, 6.45) is 3.38. The van der Waals surface area contributed by atoms with Gasteiger partial charge in [0, 0.05) is 5.56 Å². The zero-order valence-electron chi connectivity index (χ0n) is 9.91. The Kier molecular flexibility index (Phi) is 2.96. The second kappa shape index (κ2) is 4.62. The highest BCUT2D eigenvalue weighted by atomic mass is 35.5. The molecule has 0 saturated carbocycles. The molecule has 0 unspecified atom stereocenters. The largest absolute Gasteiger partial charge is 0.456 e. The standard InChI is InChI=1S/C15H13ClO2/c16-9-13-6-7-14(18-13)15(17)12-5-4-10-2-1-3-11(10)8-12/h4-8H,1-3,9H2. The molecule has 1 aliphatic rings. The summed E-state index contributed by atoms with van der Waals surface area (Å²) in [5.41, 5.74) is 3.36. The number of fused-ring (bicyclic) bond motifs is 1. The summed E-state index contributed by atoms with van der Waals surface area (Å²) in [6.45, 7) is 0. The maximum atomic E-state index is 12.2. The number of rotatable bonds is 3. The van der Waals surface area contributed by atoms with E-state index in [1.807, 2.05) is 12.1 Å². The van der Waals surface area contributed by atoms with Crippen molar-refractivity contribution >= 4 is 17.4 Å². The van der Waals surface area contributed by atoms with E-state index in [2.05, 4.69) is 6.07 Å². The first-order valence-electron chi connectivity index (χ1n) is 6.09. The fourth-order valence-electron chi connectivity index (χ4n) is 2.43. The first-order valence-corrected chi connectivity index (χ1v) is 6.62. The van der Waals surface area contributed by atoms with Gasteiger partial charge in [-0.3, -0.25) is 4.79 Å². The van der Waals surface area contributed by atoms with Crippen LogP contribution in [-0.4, -0.2) is 5.78 Å². The van der Waals surface area contributed by atoms with E-state index in [-0.39, 0.29) is 11.7 Å². The van der Waals surface area contributed by atoms with Gasteiger partial charge >= 0.3 is 0 Å². The summed E-state index contributed by atoms with van der Waals surface area (Å²) >= 11 is 5.66. The minimum absolute atomic E-state index is 0.0685. The lowest BCUT2D eigenvalue weighted by Gasteiger charge is -2.02. The number of furan rings is 1. The molecule has 1 aliphatic carbocycles. The lowest BCUT2D eigenvalue weighted by Crippen LogP contribution is -2.00. The third-order valence-corrected chi connectivity index (χ3v) is 3.64. The van der Waals surface area contributed by atoms with E-state index < -0.39 is 0 Å². The highest BCUT2D eigenvalue weighted by molar-refractivity contribution is 6.16. The highest BCUT2D eigenvalue weighted by Gasteiger charge is 2.17. The quantitative estimate of drug-likeness (QED) is 0.622. The van der Waals surface area contributed by atoms with Crippen LogP contribution in [0.5, 0.6) is 0 Å². The molecule has 0 aliphatic heterocycles. The van der Waals surface area contributed by atoms with Crippen molar-refractivity contribution in [1.29, 1.82) is 0 Å².